The number of amides is 2. The SMILES string of the molecule is C[C@@H]1C[C@@H]1C(=O)Nc1sc2c(c1C(=O)NCC1CC1)C[C@@H](n1cnnc1Nc1cc(OC(F)F)nn1C)CC2. The summed E-state index contributed by atoms with van der Waals surface area (Å²) in [6.45, 7) is -0.279. The number of aryl methyl sites for hydroxylation is 2. The van der Waals surface area contributed by atoms with Crippen LogP contribution in [0.15, 0.2) is 12.4 Å². The van der Waals surface area contributed by atoms with Gasteiger partial charge in [-0.2, -0.15) is 8.78 Å². The minimum absolute atomic E-state index is 0.00326. The zero-order valence-electron chi connectivity index (χ0n) is 21.6. The number of ether oxygens (including phenoxy) is 1. The van der Waals surface area contributed by atoms with Crippen LogP contribution in [0.5, 0.6) is 5.88 Å². The van der Waals surface area contributed by atoms with Crippen LogP contribution in [0.3, 0.4) is 0 Å². The summed E-state index contributed by atoms with van der Waals surface area (Å²) in [7, 11) is 1.60. The molecule has 11 nitrogen and oxygen atoms in total. The van der Waals surface area contributed by atoms with Gasteiger partial charge in [-0.3, -0.25) is 14.2 Å². The fourth-order valence-electron chi connectivity index (χ4n) is 5.09. The summed E-state index contributed by atoms with van der Waals surface area (Å²) in [6, 6.07) is 1.30. The number of nitrogens with zero attached hydrogens (tertiary/aromatic N) is 5. The van der Waals surface area contributed by atoms with Gasteiger partial charge in [0.15, 0.2) is 0 Å². The van der Waals surface area contributed by atoms with E-state index in [0.717, 1.165) is 42.5 Å². The molecule has 2 saturated carbocycles. The topological polar surface area (TPSA) is 128 Å². The van der Waals surface area contributed by atoms with Gasteiger partial charge in [0.2, 0.25) is 17.7 Å². The average Bonchev–Trinajstić information content (AvgIpc) is 3.73. The first-order valence-electron chi connectivity index (χ1n) is 13.2. The van der Waals surface area contributed by atoms with Gasteiger partial charge in [0.05, 0.1) is 5.56 Å². The summed E-state index contributed by atoms with van der Waals surface area (Å²) in [4.78, 5) is 27.3. The molecule has 3 N–H and O–H groups in total. The van der Waals surface area contributed by atoms with Crippen molar-refractivity contribution < 1.29 is 23.1 Å². The number of nitrogens with one attached hydrogen (secondary N) is 3. The van der Waals surface area contributed by atoms with Gasteiger partial charge < -0.3 is 20.7 Å². The first kappa shape index (κ1) is 25.7. The van der Waals surface area contributed by atoms with E-state index in [1.807, 2.05) is 4.57 Å². The summed E-state index contributed by atoms with van der Waals surface area (Å²) in [5.41, 5.74) is 1.50. The summed E-state index contributed by atoms with van der Waals surface area (Å²) in [6.07, 6.45) is 6.82. The van der Waals surface area contributed by atoms with Crippen LogP contribution in [-0.2, 0) is 24.7 Å². The molecule has 3 aliphatic rings. The van der Waals surface area contributed by atoms with Crippen LogP contribution in [0.25, 0.3) is 0 Å². The van der Waals surface area contributed by atoms with Gasteiger partial charge in [-0.05, 0) is 55.9 Å². The number of fused-ring (bicyclic) bond motifs is 1. The predicted octanol–water partition coefficient (Wildman–Crippen LogP) is 3.88. The molecular weight excluding hydrogens is 530 g/mol. The molecular formula is C25H30F2N8O3S. The Labute approximate surface area is 227 Å². The first-order valence-corrected chi connectivity index (χ1v) is 14.0. The molecule has 0 bridgehead atoms. The largest absolute Gasteiger partial charge is 0.415 e. The molecule has 3 atom stereocenters. The minimum Gasteiger partial charge on any atom is -0.415 e. The van der Waals surface area contributed by atoms with E-state index in [4.69, 9.17) is 0 Å². The molecule has 0 aromatic carbocycles. The number of hydrogen-bond acceptors (Lipinski definition) is 8. The summed E-state index contributed by atoms with van der Waals surface area (Å²) in [5.74, 6) is 1.35. The van der Waals surface area contributed by atoms with E-state index in [2.05, 4.69) is 42.9 Å². The maximum absolute atomic E-state index is 13.4. The number of rotatable bonds is 10. The van der Waals surface area contributed by atoms with Gasteiger partial charge in [0, 0.05) is 36.5 Å². The lowest BCUT2D eigenvalue weighted by Gasteiger charge is -2.25. The number of hydrogen-bond donors (Lipinski definition) is 3. The van der Waals surface area contributed by atoms with Crippen molar-refractivity contribution in [3.05, 3.63) is 28.4 Å². The van der Waals surface area contributed by atoms with Crippen LogP contribution < -0.4 is 20.7 Å². The quantitative estimate of drug-likeness (QED) is 0.343. The van der Waals surface area contributed by atoms with E-state index in [9.17, 15) is 18.4 Å². The van der Waals surface area contributed by atoms with Crippen LogP contribution in [0.4, 0.5) is 25.5 Å². The van der Waals surface area contributed by atoms with Crippen LogP contribution in [0.2, 0.25) is 0 Å². The number of halogens is 2. The number of aromatic nitrogens is 5. The van der Waals surface area contributed by atoms with Crippen molar-refractivity contribution in [1.82, 2.24) is 29.9 Å². The number of carbonyl (C=O) groups is 2. The summed E-state index contributed by atoms with van der Waals surface area (Å²) >= 11 is 1.49. The summed E-state index contributed by atoms with van der Waals surface area (Å²) in [5, 5.41) is 22.0. The highest BCUT2D eigenvalue weighted by molar-refractivity contribution is 7.17. The lowest BCUT2D eigenvalue weighted by molar-refractivity contribution is -0.117. The van der Waals surface area contributed by atoms with Gasteiger partial charge in [-0.25, -0.2) is 4.68 Å². The molecule has 2 fully saturated rings. The second-order valence-electron chi connectivity index (χ2n) is 10.6. The smallest absolute Gasteiger partial charge is 0.388 e. The Balaban J connectivity index is 1.24. The third kappa shape index (κ3) is 5.47. The van der Waals surface area contributed by atoms with Crippen molar-refractivity contribution in [1.29, 1.82) is 0 Å². The zero-order valence-corrected chi connectivity index (χ0v) is 22.4. The van der Waals surface area contributed by atoms with E-state index in [0.29, 0.717) is 47.1 Å². The highest BCUT2D eigenvalue weighted by Crippen LogP contribution is 2.44. The number of thiophene rings is 1. The van der Waals surface area contributed by atoms with Crippen LogP contribution in [0.1, 0.15) is 59.4 Å². The van der Waals surface area contributed by atoms with E-state index >= 15 is 0 Å². The van der Waals surface area contributed by atoms with E-state index in [-0.39, 0.29) is 29.7 Å². The Morgan fingerprint density at radius 3 is 2.79 bits per heavy atom. The monoisotopic (exact) mass is 560 g/mol. The Kier molecular flexibility index (Phi) is 6.73. The molecule has 0 saturated heterocycles. The molecule has 14 heteroatoms. The highest BCUT2D eigenvalue weighted by Gasteiger charge is 2.40. The lowest BCUT2D eigenvalue weighted by atomic mass is 9.91. The molecule has 0 unspecified atom stereocenters. The van der Waals surface area contributed by atoms with E-state index < -0.39 is 6.61 Å². The third-order valence-corrected chi connectivity index (χ3v) is 8.87. The lowest BCUT2D eigenvalue weighted by Crippen LogP contribution is -2.28. The van der Waals surface area contributed by atoms with Crippen molar-refractivity contribution in [3.8, 4) is 5.88 Å². The Bertz CT molecular complexity index is 1400. The van der Waals surface area contributed by atoms with Crippen molar-refractivity contribution >= 4 is 39.9 Å². The summed E-state index contributed by atoms with van der Waals surface area (Å²) < 4.78 is 32.9. The number of anilines is 3. The van der Waals surface area contributed by atoms with Gasteiger partial charge in [0.1, 0.15) is 17.1 Å². The molecule has 3 aliphatic carbocycles. The van der Waals surface area contributed by atoms with Crippen LogP contribution in [-0.4, -0.2) is 49.5 Å². The van der Waals surface area contributed by atoms with E-state index in [1.54, 1.807) is 13.4 Å². The second-order valence-corrected chi connectivity index (χ2v) is 11.7. The molecule has 0 aliphatic heterocycles. The maximum Gasteiger partial charge on any atom is 0.388 e. The van der Waals surface area contributed by atoms with Gasteiger partial charge in [-0.15, -0.1) is 26.6 Å². The van der Waals surface area contributed by atoms with Crippen molar-refractivity contribution in [2.24, 2.45) is 24.8 Å². The third-order valence-electron chi connectivity index (χ3n) is 7.67. The molecule has 2 amide bonds. The number of carbonyl (C=O) groups excluding carboxylic acids is 2. The fraction of sp³-hybridized carbons (Fsp3) is 0.560. The second kappa shape index (κ2) is 10.2. The molecule has 3 heterocycles. The fourth-order valence-corrected chi connectivity index (χ4v) is 6.34. The predicted molar refractivity (Wildman–Crippen MR) is 139 cm³/mol. The molecule has 0 radical (unpaired) electrons. The molecule has 6 rings (SSSR count). The minimum atomic E-state index is -2.98. The van der Waals surface area contributed by atoms with E-state index in [1.165, 1.54) is 22.1 Å². The normalized spacial score (nSPS) is 21.9. The van der Waals surface area contributed by atoms with Gasteiger partial charge in [0.25, 0.3) is 5.91 Å². The van der Waals surface area contributed by atoms with Crippen molar-refractivity contribution in [2.45, 2.75) is 58.1 Å². The maximum atomic E-state index is 13.4. The zero-order chi connectivity index (χ0) is 27.3. The Morgan fingerprint density at radius 2 is 2.08 bits per heavy atom. The van der Waals surface area contributed by atoms with Crippen LogP contribution in [0, 0.1) is 17.8 Å². The Morgan fingerprint density at radius 1 is 1.28 bits per heavy atom. The molecule has 3 aromatic rings. The standard InChI is InChI=1S/C25H30F2N8O3S/c1-12-7-15(12)21(36)31-23-20(22(37)28-10-13-3-4-13)16-8-14(5-6-17(16)39-23)35-11-29-32-25(35)30-18-9-19(33-34(18)2)38-24(26)27/h9,11-15,24H,3-8,10H2,1-2H3,(H,28,37)(H,30,32)(H,31,36)/t12-,14+,15+/m1/s1. The Hall–Kier alpha value is -3.55. The first-order chi connectivity index (χ1) is 18.8. The van der Waals surface area contributed by atoms with Crippen molar-refractivity contribution in [3.63, 3.8) is 0 Å². The number of alkyl halides is 2. The van der Waals surface area contributed by atoms with Crippen LogP contribution >= 0.6 is 11.3 Å². The molecule has 39 heavy (non-hydrogen) atoms. The molecule has 3 aromatic heterocycles. The molecule has 0 spiro atoms. The van der Waals surface area contributed by atoms with Gasteiger partial charge in [-0.1, -0.05) is 6.92 Å². The van der Waals surface area contributed by atoms with Crippen molar-refractivity contribution in [2.75, 3.05) is 17.2 Å². The average molecular weight is 561 g/mol. The highest BCUT2D eigenvalue weighted by atomic mass is 32.1. The molecule has 208 valence electrons. The van der Waals surface area contributed by atoms with Gasteiger partial charge >= 0.3 is 6.61 Å².